The molecule has 0 saturated heterocycles. The van der Waals surface area contributed by atoms with Crippen LogP contribution in [0.4, 0.5) is 5.69 Å². The summed E-state index contributed by atoms with van der Waals surface area (Å²) >= 11 is 0. The second-order valence-corrected chi connectivity index (χ2v) is 9.16. The van der Waals surface area contributed by atoms with Gasteiger partial charge in [0.1, 0.15) is 6.54 Å². The molecule has 0 aliphatic rings. The van der Waals surface area contributed by atoms with Crippen molar-refractivity contribution >= 4 is 21.6 Å². The first-order valence-corrected chi connectivity index (χ1v) is 11.2. The van der Waals surface area contributed by atoms with Crippen molar-refractivity contribution in [3.8, 4) is 0 Å². The highest BCUT2D eigenvalue weighted by Crippen LogP contribution is 2.25. The molecule has 156 valence electrons. The Bertz CT molecular complexity index is 1110. The van der Waals surface area contributed by atoms with Gasteiger partial charge in [-0.3, -0.25) is 9.10 Å². The molecule has 5 nitrogen and oxygen atoms in total. The maximum Gasteiger partial charge on any atom is 0.264 e. The Morgan fingerprint density at radius 1 is 0.900 bits per heavy atom. The molecule has 6 heteroatoms. The molecule has 1 amide bonds. The molecule has 3 aromatic carbocycles. The highest BCUT2D eigenvalue weighted by molar-refractivity contribution is 7.92. The SMILES string of the molecule is Cc1ccc(N(CC(=O)NC(C)c2ccccc2)S(=O)(=O)c2ccccc2)cc1C. The Kier molecular flexibility index (Phi) is 6.57. The molecule has 0 heterocycles. The fourth-order valence-electron chi connectivity index (χ4n) is 3.16. The first-order valence-electron chi connectivity index (χ1n) is 9.78. The van der Waals surface area contributed by atoms with Crippen LogP contribution in [0.1, 0.15) is 29.7 Å². The molecule has 1 N–H and O–H groups in total. The molecule has 0 spiro atoms. The van der Waals surface area contributed by atoms with Crippen molar-refractivity contribution in [2.75, 3.05) is 10.8 Å². The van der Waals surface area contributed by atoms with Crippen molar-refractivity contribution in [2.45, 2.75) is 31.7 Å². The summed E-state index contributed by atoms with van der Waals surface area (Å²) in [6.07, 6.45) is 0. The maximum absolute atomic E-state index is 13.4. The van der Waals surface area contributed by atoms with Gasteiger partial charge in [0, 0.05) is 0 Å². The van der Waals surface area contributed by atoms with Gasteiger partial charge in [0.25, 0.3) is 10.0 Å². The molecule has 0 saturated carbocycles. The molecule has 1 unspecified atom stereocenters. The molecule has 0 radical (unpaired) electrons. The van der Waals surface area contributed by atoms with Crippen molar-refractivity contribution in [3.63, 3.8) is 0 Å². The molecule has 30 heavy (non-hydrogen) atoms. The van der Waals surface area contributed by atoms with E-state index in [2.05, 4.69) is 5.32 Å². The van der Waals surface area contributed by atoms with Crippen LogP contribution in [0, 0.1) is 13.8 Å². The summed E-state index contributed by atoms with van der Waals surface area (Å²) in [4.78, 5) is 13.0. The molecule has 0 aromatic heterocycles. The number of rotatable bonds is 7. The minimum absolute atomic E-state index is 0.145. The number of hydrogen-bond acceptors (Lipinski definition) is 3. The van der Waals surface area contributed by atoms with Gasteiger partial charge in [0.15, 0.2) is 0 Å². The fraction of sp³-hybridized carbons (Fsp3) is 0.208. The van der Waals surface area contributed by atoms with Crippen molar-refractivity contribution < 1.29 is 13.2 Å². The summed E-state index contributed by atoms with van der Waals surface area (Å²) in [5, 5.41) is 2.90. The molecular formula is C24H26N2O3S. The molecule has 3 aromatic rings. The minimum Gasteiger partial charge on any atom is -0.348 e. The molecule has 0 bridgehead atoms. The largest absolute Gasteiger partial charge is 0.348 e. The van der Waals surface area contributed by atoms with E-state index in [-0.39, 0.29) is 23.4 Å². The van der Waals surface area contributed by atoms with E-state index in [0.29, 0.717) is 5.69 Å². The predicted molar refractivity (Wildman–Crippen MR) is 120 cm³/mol. The third-order valence-electron chi connectivity index (χ3n) is 5.07. The number of hydrogen-bond donors (Lipinski definition) is 1. The molecular weight excluding hydrogens is 396 g/mol. The van der Waals surface area contributed by atoms with Crippen LogP contribution < -0.4 is 9.62 Å². The highest BCUT2D eigenvalue weighted by atomic mass is 32.2. The first kappa shape index (κ1) is 21.6. The van der Waals surface area contributed by atoms with E-state index in [1.165, 1.54) is 16.4 Å². The Morgan fingerprint density at radius 2 is 1.50 bits per heavy atom. The summed E-state index contributed by atoms with van der Waals surface area (Å²) in [5.74, 6) is -0.371. The zero-order valence-electron chi connectivity index (χ0n) is 17.4. The Balaban J connectivity index is 1.91. The van der Waals surface area contributed by atoms with Gasteiger partial charge in [-0.25, -0.2) is 8.42 Å². The van der Waals surface area contributed by atoms with E-state index >= 15 is 0 Å². The standard InChI is InChI=1S/C24H26N2O3S/c1-18-14-15-22(16-19(18)2)26(30(28,29)23-12-8-5-9-13-23)17-24(27)25-20(3)21-10-6-4-7-11-21/h4-16,20H,17H2,1-3H3,(H,25,27). The number of carbonyl (C=O) groups is 1. The number of sulfonamides is 1. The monoisotopic (exact) mass is 422 g/mol. The summed E-state index contributed by atoms with van der Waals surface area (Å²) in [7, 11) is -3.91. The van der Waals surface area contributed by atoms with Gasteiger partial charge in [-0.15, -0.1) is 0 Å². The van der Waals surface area contributed by atoms with Crippen LogP contribution in [0.2, 0.25) is 0 Å². The van der Waals surface area contributed by atoms with Gasteiger partial charge in [-0.2, -0.15) is 0 Å². The number of nitrogens with one attached hydrogen (secondary N) is 1. The Hall–Kier alpha value is -3.12. The second kappa shape index (κ2) is 9.13. The van der Waals surface area contributed by atoms with Gasteiger partial charge < -0.3 is 5.32 Å². The normalized spacial score (nSPS) is 12.2. The lowest BCUT2D eigenvalue weighted by Crippen LogP contribution is -2.41. The topological polar surface area (TPSA) is 66.5 Å². The predicted octanol–water partition coefficient (Wildman–Crippen LogP) is 4.38. The molecule has 0 aliphatic carbocycles. The maximum atomic E-state index is 13.4. The van der Waals surface area contributed by atoms with Crippen molar-refractivity contribution in [1.82, 2.24) is 5.32 Å². The summed E-state index contributed by atoms with van der Waals surface area (Å²) in [5.41, 5.74) is 3.43. The van der Waals surface area contributed by atoms with E-state index < -0.39 is 10.0 Å². The van der Waals surface area contributed by atoms with E-state index in [4.69, 9.17) is 0 Å². The smallest absolute Gasteiger partial charge is 0.264 e. The number of aryl methyl sites for hydroxylation is 2. The van der Waals surface area contributed by atoms with Crippen LogP contribution in [0.25, 0.3) is 0 Å². The van der Waals surface area contributed by atoms with Crippen LogP contribution in [-0.4, -0.2) is 20.9 Å². The lowest BCUT2D eigenvalue weighted by Gasteiger charge is -2.25. The van der Waals surface area contributed by atoms with Crippen molar-refractivity contribution in [1.29, 1.82) is 0 Å². The summed E-state index contributed by atoms with van der Waals surface area (Å²) < 4.78 is 27.9. The van der Waals surface area contributed by atoms with Crippen LogP contribution in [0.15, 0.2) is 83.8 Å². The lowest BCUT2D eigenvalue weighted by molar-refractivity contribution is -0.120. The first-order chi connectivity index (χ1) is 14.3. The average molecular weight is 423 g/mol. The van der Waals surface area contributed by atoms with Gasteiger partial charge in [-0.05, 0) is 61.7 Å². The third-order valence-corrected chi connectivity index (χ3v) is 6.86. The Morgan fingerprint density at radius 3 is 2.10 bits per heavy atom. The quantitative estimate of drug-likeness (QED) is 0.615. The van der Waals surface area contributed by atoms with Crippen molar-refractivity contribution in [2.24, 2.45) is 0 Å². The van der Waals surface area contributed by atoms with Crippen LogP contribution in [-0.2, 0) is 14.8 Å². The van der Waals surface area contributed by atoms with E-state index in [1.54, 1.807) is 30.3 Å². The van der Waals surface area contributed by atoms with Gasteiger partial charge in [-0.1, -0.05) is 54.6 Å². The summed E-state index contributed by atoms with van der Waals surface area (Å²) in [6.45, 7) is 5.45. The van der Waals surface area contributed by atoms with E-state index in [1.807, 2.05) is 57.2 Å². The molecule has 0 aliphatic heterocycles. The highest BCUT2D eigenvalue weighted by Gasteiger charge is 2.27. The number of benzene rings is 3. The molecule has 0 fully saturated rings. The molecule has 1 atom stereocenters. The number of nitrogens with zero attached hydrogens (tertiary/aromatic N) is 1. The second-order valence-electron chi connectivity index (χ2n) is 7.29. The van der Waals surface area contributed by atoms with Gasteiger partial charge >= 0.3 is 0 Å². The zero-order chi connectivity index (χ0) is 21.7. The molecule has 3 rings (SSSR count). The number of anilines is 1. The fourth-order valence-corrected chi connectivity index (χ4v) is 4.59. The lowest BCUT2D eigenvalue weighted by atomic mass is 10.1. The van der Waals surface area contributed by atoms with E-state index in [9.17, 15) is 13.2 Å². The average Bonchev–Trinajstić information content (AvgIpc) is 2.75. The van der Waals surface area contributed by atoms with Crippen LogP contribution in [0.5, 0.6) is 0 Å². The van der Waals surface area contributed by atoms with Crippen LogP contribution in [0.3, 0.4) is 0 Å². The number of amides is 1. The van der Waals surface area contributed by atoms with Crippen molar-refractivity contribution in [3.05, 3.63) is 95.6 Å². The Labute approximate surface area is 178 Å². The third kappa shape index (κ3) is 4.89. The summed E-state index contributed by atoms with van der Waals surface area (Å²) in [6, 6.07) is 22.9. The van der Waals surface area contributed by atoms with E-state index in [0.717, 1.165) is 16.7 Å². The van der Waals surface area contributed by atoms with Crippen LogP contribution >= 0.6 is 0 Å². The number of carbonyl (C=O) groups excluding carboxylic acids is 1. The van der Waals surface area contributed by atoms with Gasteiger partial charge in [0.05, 0.1) is 16.6 Å². The minimum atomic E-state index is -3.91. The van der Waals surface area contributed by atoms with Gasteiger partial charge in [0.2, 0.25) is 5.91 Å². The zero-order valence-corrected chi connectivity index (χ0v) is 18.2.